The Bertz CT molecular complexity index is 705. The lowest BCUT2D eigenvalue weighted by molar-refractivity contribution is 0.0942. The summed E-state index contributed by atoms with van der Waals surface area (Å²) in [4.78, 5) is 12.6. The van der Waals surface area contributed by atoms with Gasteiger partial charge in [0.25, 0.3) is 5.91 Å². The van der Waals surface area contributed by atoms with Crippen molar-refractivity contribution in [3.05, 3.63) is 57.8 Å². The van der Waals surface area contributed by atoms with Crippen molar-refractivity contribution in [1.29, 1.82) is 0 Å². The minimum Gasteiger partial charge on any atom is -0.496 e. The van der Waals surface area contributed by atoms with Crippen molar-refractivity contribution in [3.63, 3.8) is 0 Å². The van der Waals surface area contributed by atoms with Crippen LogP contribution in [0.2, 0.25) is 0 Å². The zero-order valence-electron chi connectivity index (χ0n) is 12.3. The number of methoxy groups -OCH3 is 1. The molecule has 0 bridgehead atoms. The number of benzene rings is 1. The van der Waals surface area contributed by atoms with Gasteiger partial charge in [0.05, 0.1) is 17.3 Å². The molecule has 0 saturated carbocycles. The summed E-state index contributed by atoms with van der Waals surface area (Å²) in [6.45, 7) is 7.54. The molecule has 0 fully saturated rings. The molecule has 5 heteroatoms. The molecule has 0 saturated heterocycles. The number of aromatic nitrogens is 2. The van der Waals surface area contributed by atoms with Crippen LogP contribution < -0.4 is 4.74 Å². The molecule has 2 aromatic rings. The topological polar surface area (TPSA) is 44.1 Å². The summed E-state index contributed by atoms with van der Waals surface area (Å²) < 4.78 is 7.36. The molecule has 110 valence electrons. The molecule has 1 heterocycles. The van der Waals surface area contributed by atoms with E-state index in [2.05, 4.69) is 27.6 Å². The first kappa shape index (κ1) is 15.5. The fourth-order valence-electron chi connectivity index (χ4n) is 2.23. The molecule has 0 aliphatic carbocycles. The van der Waals surface area contributed by atoms with Crippen molar-refractivity contribution >= 4 is 21.8 Å². The van der Waals surface area contributed by atoms with E-state index in [4.69, 9.17) is 4.74 Å². The van der Waals surface area contributed by atoms with E-state index in [1.807, 2.05) is 19.9 Å². The first-order chi connectivity index (χ1) is 9.99. The van der Waals surface area contributed by atoms with Crippen LogP contribution in [0, 0.1) is 13.8 Å². The summed E-state index contributed by atoms with van der Waals surface area (Å²) in [7, 11) is 1.59. The van der Waals surface area contributed by atoms with Crippen molar-refractivity contribution in [2.45, 2.75) is 20.3 Å². The number of halogens is 1. The maximum absolute atomic E-state index is 12.6. The average Bonchev–Trinajstić information content (AvgIpc) is 2.75. The van der Waals surface area contributed by atoms with Crippen molar-refractivity contribution in [2.75, 3.05) is 7.11 Å². The molecule has 0 unspecified atom stereocenters. The van der Waals surface area contributed by atoms with E-state index in [9.17, 15) is 4.79 Å². The lowest BCUT2D eigenvalue weighted by Crippen LogP contribution is -2.15. The van der Waals surface area contributed by atoms with Gasteiger partial charge in [0.15, 0.2) is 0 Å². The highest BCUT2D eigenvalue weighted by Crippen LogP contribution is 2.26. The van der Waals surface area contributed by atoms with Crippen LogP contribution in [0.15, 0.2) is 35.3 Å². The van der Waals surface area contributed by atoms with Gasteiger partial charge in [-0.3, -0.25) is 4.79 Å². The molecule has 0 amide bonds. The molecule has 1 aromatic heterocycles. The largest absolute Gasteiger partial charge is 0.496 e. The number of carbonyl (C=O) groups is 1. The fraction of sp³-hybridized carbons (Fsp3) is 0.250. The molecule has 4 nitrogen and oxygen atoms in total. The third-order valence-electron chi connectivity index (χ3n) is 3.38. The summed E-state index contributed by atoms with van der Waals surface area (Å²) in [5.74, 6) is 0.529. The highest BCUT2D eigenvalue weighted by Gasteiger charge is 2.18. The lowest BCUT2D eigenvalue weighted by Gasteiger charge is -2.07. The van der Waals surface area contributed by atoms with Crippen molar-refractivity contribution in [2.24, 2.45) is 0 Å². The Morgan fingerprint density at radius 1 is 1.48 bits per heavy atom. The van der Waals surface area contributed by atoms with Crippen LogP contribution in [-0.4, -0.2) is 22.8 Å². The molecule has 0 N–H and O–H groups in total. The quantitative estimate of drug-likeness (QED) is 0.791. The highest BCUT2D eigenvalue weighted by molar-refractivity contribution is 9.10. The van der Waals surface area contributed by atoms with Gasteiger partial charge in [0.2, 0.25) is 0 Å². The van der Waals surface area contributed by atoms with Crippen LogP contribution in [0.4, 0.5) is 0 Å². The van der Waals surface area contributed by atoms with Crippen molar-refractivity contribution in [3.8, 4) is 5.75 Å². The van der Waals surface area contributed by atoms with Crippen LogP contribution in [0.3, 0.4) is 0 Å². The summed E-state index contributed by atoms with van der Waals surface area (Å²) in [5, 5.41) is 4.35. The number of ether oxygens (including phenoxy) is 1. The lowest BCUT2D eigenvalue weighted by atomic mass is 10.1. The Kier molecular flexibility index (Phi) is 4.63. The van der Waals surface area contributed by atoms with E-state index < -0.39 is 0 Å². The molecule has 0 spiro atoms. The number of carbonyl (C=O) groups excluding carboxylic acids is 1. The predicted octanol–water partition coefficient (Wildman–Crippen LogP) is 3.69. The van der Waals surface area contributed by atoms with Crippen LogP contribution in [-0.2, 0) is 6.42 Å². The van der Waals surface area contributed by atoms with Gasteiger partial charge in [-0.05, 0) is 54.4 Å². The monoisotopic (exact) mass is 348 g/mol. The Hall–Kier alpha value is -1.88. The number of hydrogen-bond acceptors (Lipinski definition) is 3. The molecule has 0 radical (unpaired) electrons. The van der Waals surface area contributed by atoms with E-state index in [1.165, 1.54) is 4.68 Å². The molecule has 21 heavy (non-hydrogen) atoms. The van der Waals surface area contributed by atoms with Gasteiger partial charge in [-0.25, -0.2) is 4.68 Å². The van der Waals surface area contributed by atoms with Gasteiger partial charge in [0, 0.05) is 16.8 Å². The van der Waals surface area contributed by atoms with Gasteiger partial charge < -0.3 is 4.74 Å². The second-order valence-electron chi connectivity index (χ2n) is 4.71. The second kappa shape index (κ2) is 6.26. The first-order valence-corrected chi connectivity index (χ1v) is 7.33. The van der Waals surface area contributed by atoms with Crippen LogP contribution in [0.1, 0.15) is 27.3 Å². The zero-order chi connectivity index (χ0) is 15.6. The predicted molar refractivity (Wildman–Crippen MR) is 86.0 cm³/mol. The number of aryl methyl sites for hydroxylation is 1. The van der Waals surface area contributed by atoms with E-state index in [0.29, 0.717) is 17.7 Å². The standard InChI is InChI=1S/C16H17BrN2O2/c1-5-6-13-10(2)18-19(11(13)3)16(20)12-7-8-15(21-4)14(17)9-12/h5,7-9H,1,6H2,2-4H3. The Morgan fingerprint density at radius 3 is 2.76 bits per heavy atom. The number of nitrogens with zero attached hydrogens (tertiary/aromatic N) is 2. The van der Waals surface area contributed by atoms with Gasteiger partial charge >= 0.3 is 0 Å². The third-order valence-corrected chi connectivity index (χ3v) is 4.00. The highest BCUT2D eigenvalue weighted by atomic mass is 79.9. The minimum atomic E-state index is -0.158. The molecular formula is C16H17BrN2O2. The normalized spacial score (nSPS) is 10.5. The van der Waals surface area contributed by atoms with E-state index >= 15 is 0 Å². The number of hydrogen-bond donors (Lipinski definition) is 0. The van der Waals surface area contributed by atoms with Gasteiger partial charge in [-0.15, -0.1) is 6.58 Å². The minimum absolute atomic E-state index is 0.158. The van der Waals surface area contributed by atoms with Crippen LogP contribution in [0.5, 0.6) is 5.75 Å². The Morgan fingerprint density at radius 2 is 2.19 bits per heavy atom. The van der Waals surface area contributed by atoms with E-state index in [-0.39, 0.29) is 5.91 Å². The molecule has 0 aliphatic rings. The molecular weight excluding hydrogens is 332 g/mol. The van der Waals surface area contributed by atoms with Crippen LogP contribution in [0.25, 0.3) is 0 Å². The molecule has 0 atom stereocenters. The summed E-state index contributed by atoms with van der Waals surface area (Å²) in [5.41, 5.74) is 3.31. The molecule has 0 aliphatic heterocycles. The van der Waals surface area contributed by atoms with E-state index in [1.54, 1.807) is 25.3 Å². The van der Waals surface area contributed by atoms with Crippen molar-refractivity contribution < 1.29 is 9.53 Å². The molecule has 1 aromatic carbocycles. The maximum Gasteiger partial charge on any atom is 0.278 e. The maximum atomic E-state index is 12.6. The van der Waals surface area contributed by atoms with Gasteiger partial charge in [-0.1, -0.05) is 6.08 Å². The SMILES string of the molecule is C=CCc1c(C)nn(C(=O)c2ccc(OC)c(Br)c2)c1C. The first-order valence-electron chi connectivity index (χ1n) is 6.53. The van der Waals surface area contributed by atoms with E-state index in [0.717, 1.165) is 21.4 Å². The Balaban J connectivity index is 2.43. The fourth-order valence-corrected chi connectivity index (χ4v) is 2.77. The van der Waals surface area contributed by atoms with Gasteiger partial charge in [0.1, 0.15) is 5.75 Å². The van der Waals surface area contributed by atoms with Gasteiger partial charge in [-0.2, -0.15) is 5.10 Å². The van der Waals surface area contributed by atoms with Crippen molar-refractivity contribution in [1.82, 2.24) is 9.78 Å². The summed E-state index contributed by atoms with van der Waals surface area (Å²) in [6.07, 6.45) is 2.52. The number of allylic oxidation sites excluding steroid dienone is 1. The zero-order valence-corrected chi connectivity index (χ0v) is 13.9. The smallest absolute Gasteiger partial charge is 0.278 e. The number of rotatable bonds is 4. The summed E-state index contributed by atoms with van der Waals surface area (Å²) in [6, 6.07) is 5.23. The third kappa shape index (κ3) is 2.93. The summed E-state index contributed by atoms with van der Waals surface area (Å²) >= 11 is 3.39. The average molecular weight is 349 g/mol. The second-order valence-corrected chi connectivity index (χ2v) is 5.56. The van der Waals surface area contributed by atoms with Crippen LogP contribution >= 0.6 is 15.9 Å². The molecule has 2 rings (SSSR count). The Labute approximate surface area is 132 Å².